The molecule has 0 bridgehead atoms. The Hall–Kier alpha value is -0.160. The van der Waals surface area contributed by atoms with Crippen LogP contribution < -0.4 is 10.6 Å². The molecule has 36 heavy (non-hydrogen) atoms. The number of aliphatic hydroxyl groups is 2. The Morgan fingerprint density at radius 2 is 1.17 bits per heavy atom. The summed E-state index contributed by atoms with van der Waals surface area (Å²) in [6.45, 7) is 8.71. The van der Waals surface area contributed by atoms with E-state index in [2.05, 4.69) is 74.0 Å². The molecule has 4 N–H and O–H groups in total. The summed E-state index contributed by atoms with van der Waals surface area (Å²) in [6.07, 6.45) is 1.45. The van der Waals surface area contributed by atoms with Gasteiger partial charge in [0.1, 0.15) is 36.6 Å². The number of ether oxygens (including phenoxy) is 4. The quantitative estimate of drug-likeness (QED) is 0.333. The van der Waals surface area contributed by atoms with E-state index in [0.717, 1.165) is 18.3 Å². The molecule has 10 heteroatoms. The van der Waals surface area contributed by atoms with Gasteiger partial charge in [-0.1, -0.05) is 36.4 Å². The Morgan fingerprint density at radius 3 is 1.58 bits per heavy atom. The Morgan fingerprint density at radius 1 is 0.750 bits per heavy atom. The van der Waals surface area contributed by atoms with Crippen LogP contribution in [0.25, 0.3) is 0 Å². The van der Waals surface area contributed by atoms with Crippen molar-refractivity contribution >= 4 is 45.2 Å². The summed E-state index contributed by atoms with van der Waals surface area (Å²) in [5.41, 5.74) is 2.22. The molecule has 5 rings (SSSR count). The lowest BCUT2D eigenvalue weighted by molar-refractivity contribution is -0.154. The molecule has 2 aliphatic carbocycles. The van der Waals surface area contributed by atoms with Crippen LogP contribution in [0, 0.1) is 0 Å². The summed E-state index contributed by atoms with van der Waals surface area (Å²) in [5.74, 6) is -1.41. The molecule has 0 unspecified atom stereocenters. The lowest BCUT2D eigenvalue weighted by atomic mass is 9.94. The lowest BCUT2D eigenvalue weighted by Crippen LogP contribution is -2.52. The van der Waals surface area contributed by atoms with Gasteiger partial charge in [-0.3, -0.25) is 0 Å². The number of benzene rings is 1. The van der Waals surface area contributed by atoms with Crippen molar-refractivity contribution in [3.8, 4) is 0 Å². The Labute approximate surface area is 239 Å². The summed E-state index contributed by atoms with van der Waals surface area (Å²) in [6, 6.07) is 7.84. The molecular weight excluding hydrogens is 690 g/mol. The van der Waals surface area contributed by atoms with Gasteiger partial charge in [-0.25, -0.2) is 0 Å². The Balaban J connectivity index is 1.18. The third-order valence-corrected chi connectivity index (χ3v) is 8.91. The Kier molecular flexibility index (Phi) is 7.94. The minimum Gasteiger partial charge on any atom is -0.388 e. The third kappa shape index (κ3) is 5.73. The van der Waals surface area contributed by atoms with Crippen LogP contribution in [0.15, 0.2) is 43.6 Å². The topological polar surface area (TPSA) is 101 Å². The third-order valence-electron chi connectivity index (χ3n) is 6.96. The highest BCUT2D eigenvalue weighted by Crippen LogP contribution is 2.41. The van der Waals surface area contributed by atoms with E-state index in [-0.39, 0.29) is 36.5 Å². The normalized spacial score (nSPS) is 38.8. The molecule has 2 heterocycles. The maximum atomic E-state index is 10.9. The first-order valence-corrected chi connectivity index (χ1v) is 14.4. The number of hydrogen-bond acceptors (Lipinski definition) is 8. The van der Waals surface area contributed by atoms with Crippen LogP contribution in [0.4, 0.5) is 0 Å². The van der Waals surface area contributed by atoms with Crippen LogP contribution in [-0.4, -0.2) is 70.5 Å². The minimum absolute atomic E-state index is 0.224. The zero-order valence-electron chi connectivity index (χ0n) is 20.8. The molecule has 4 aliphatic rings. The number of nitrogens with one attached hydrogen (secondary N) is 2. The Bertz CT molecular complexity index is 970. The molecule has 198 valence electrons. The molecule has 0 saturated carbocycles. The van der Waals surface area contributed by atoms with Gasteiger partial charge in [0, 0.05) is 20.2 Å². The molecule has 2 fully saturated rings. The highest BCUT2D eigenvalue weighted by atomic mass is 127. The van der Waals surface area contributed by atoms with Gasteiger partial charge in [-0.05, 0) is 84.0 Å². The molecule has 0 amide bonds. The van der Waals surface area contributed by atoms with E-state index in [1.165, 1.54) is 0 Å². The van der Waals surface area contributed by atoms with E-state index in [4.69, 9.17) is 18.9 Å². The van der Waals surface area contributed by atoms with Crippen LogP contribution in [-0.2, 0) is 32.0 Å². The molecule has 0 spiro atoms. The average molecular weight is 724 g/mol. The van der Waals surface area contributed by atoms with Crippen LogP contribution >= 0.6 is 45.2 Å². The van der Waals surface area contributed by atoms with Crippen molar-refractivity contribution in [1.29, 1.82) is 0 Å². The number of halogens is 2. The summed E-state index contributed by atoms with van der Waals surface area (Å²) in [5, 5.41) is 28.8. The van der Waals surface area contributed by atoms with E-state index >= 15 is 0 Å². The van der Waals surface area contributed by atoms with Crippen molar-refractivity contribution in [3.63, 3.8) is 0 Å². The summed E-state index contributed by atoms with van der Waals surface area (Å²) < 4.78 is 25.9. The molecule has 1 aromatic carbocycles. The molecule has 0 aromatic heterocycles. The van der Waals surface area contributed by atoms with Crippen molar-refractivity contribution < 1.29 is 29.2 Å². The summed E-state index contributed by atoms with van der Waals surface area (Å²) in [4.78, 5) is 0. The second-order valence-corrected chi connectivity index (χ2v) is 13.3. The first-order valence-electron chi connectivity index (χ1n) is 12.3. The fraction of sp³-hybridized carbons (Fsp3) is 0.615. The predicted molar refractivity (Wildman–Crippen MR) is 152 cm³/mol. The highest BCUT2D eigenvalue weighted by molar-refractivity contribution is 14.1. The van der Waals surface area contributed by atoms with Crippen LogP contribution in [0.3, 0.4) is 0 Å². The second-order valence-electron chi connectivity index (χ2n) is 10.8. The van der Waals surface area contributed by atoms with Gasteiger partial charge in [0.2, 0.25) is 0 Å². The van der Waals surface area contributed by atoms with Crippen LogP contribution in [0.1, 0.15) is 38.8 Å². The largest absolute Gasteiger partial charge is 0.388 e. The molecule has 8 atom stereocenters. The van der Waals surface area contributed by atoms with E-state index in [9.17, 15) is 10.2 Å². The SMILES string of the molecule is CC1(C)O[C@H]2[C@H](O)[C@@H](NCc3cccc(CN[C@H]4C=C(I)[C@H]5OC(C)(C)O[C@H]5[C@@H]4O)c3)C=C(I)[C@H]2O1. The van der Waals surface area contributed by atoms with Gasteiger partial charge in [-0.15, -0.1) is 0 Å². The molecular formula is C26H34I2N2O6. The van der Waals surface area contributed by atoms with Gasteiger partial charge >= 0.3 is 0 Å². The highest BCUT2D eigenvalue weighted by Gasteiger charge is 2.51. The number of fused-ring (bicyclic) bond motifs is 2. The van der Waals surface area contributed by atoms with Crippen molar-refractivity contribution in [2.24, 2.45) is 0 Å². The second kappa shape index (κ2) is 10.4. The first-order chi connectivity index (χ1) is 16.9. The maximum Gasteiger partial charge on any atom is 0.164 e. The van der Waals surface area contributed by atoms with Gasteiger partial charge in [-0.2, -0.15) is 0 Å². The summed E-state index contributed by atoms with van der Waals surface area (Å²) in [7, 11) is 0. The molecule has 8 nitrogen and oxygen atoms in total. The van der Waals surface area contributed by atoms with Crippen molar-refractivity contribution in [3.05, 3.63) is 54.7 Å². The molecule has 2 aliphatic heterocycles. The van der Waals surface area contributed by atoms with E-state index in [1.807, 2.05) is 45.9 Å². The molecule has 0 radical (unpaired) electrons. The number of aliphatic hydroxyl groups excluding tert-OH is 2. The van der Waals surface area contributed by atoms with Crippen molar-refractivity contribution in [1.82, 2.24) is 10.6 Å². The number of rotatable bonds is 6. The molecule has 2 saturated heterocycles. The summed E-state index contributed by atoms with van der Waals surface area (Å²) >= 11 is 4.55. The maximum absolute atomic E-state index is 10.9. The lowest BCUT2D eigenvalue weighted by Gasteiger charge is -2.33. The smallest absolute Gasteiger partial charge is 0.164 e. The van der Waals surface area contributed by atoms with Crippen LogP contribution in [0.2, 0.25) is 0 Å². The fourth-order valence-corrected chi connectivity index (χ4v) is 7.06. The van der Waals surface area contributed by atoms with Gasteiger partial charge in [0.25, 0.3) is 0 Å². The van der Waals surface area contributed by atoms with Crippen molar-refractivity contribution in [2.45, 2.75) is 101 Å². The monoisotopic (exact) mass is 724 g/mol. The zero-order valence-corrected chi connectivity index (χ0v) is 25.1. The van der Waals surface area contributed by atoms with E-state index < -0.39 is 23.8 Å². The van der Waals surface area contributed by atoms with E-state index in [0.29, 0.717) is 13.1 Å². The minimum atomic E-state index is -0.704. The van der Waals surface area contributed by atoms with Gasteiger partial charge in [0.05, 0.1) is 12.1 Å². The van der Waals surface area contributed by atoms with Gasteiger partial charge < -0.3 is 39.8 Å². The van der Waals surface area contributed by atoms with Gasteiger partial charge in [0.15, 0.2) is 11.6 Å². The molecule has 1 aromatic rings. The average Bonchev–Trinajstić information content (AvgIpc) is 3.33. The number of hydrogen-bond donors (Lipinski definition) is 4. The first kappa shape index (κ1) is 27.4. The predicted octanol–water partition coefficient (Wildman–Crippen LogP) is 3.03. The fourth-order valence-electron chi connectivity index (χ4n) is 5.32. The standard InChI is InChI=1S/C26H34I2N2O6/c1-25(2)33-21-15(27)9-17(19(31)23(21)35-25)29-11-13-6-5-7-14(8-13)12-30-18-10-16(28)22-24(20(18)32)36-26(3,4)34-22/h5-10,17-24,29-32H,11-12H2,1-4H3/t17-,18-,19+,20+,21+,22+,23-,24-/m0/s1. The zero-order chi connectivity index (χ0) is 25.8. The van der Waals surface area contributed by atoms with E-state index in [1.54, 1.807) is 0 Å². The van der Waals surface area contributed by atoms with Crippen LogP contribution in [0.5, 0.6) is 0 Å². The van der Waals surface area contributed by atoms with Crippen molar-refractivity contribution in [2.75, 3.05) is 0 Å².